The maximum atomic E-state index is 12.9. The third kappa shape index (κ3) is 2.79. The zero-order chi connectivity index (χ0) is 17.6. The second kappa shape index (κ2) is 6.16. The van der Waals surface area contributed by atoms with Crippen molar-refractivity contribution >= 4 is 34.1 Å². The van der Waals surface area contributed by atoms with Gasteiger partial charge >= 0.3 is 0 Å². The quantitative estimate of drug-likeness (QED) is 0.654. The van der Waals surface area contributed by atoms with Crippen LogP contribution in [0.2, 0.25) is 5.02 Å². The van der Waals surface area contributed by atoms with Crippen molar-refractivity contribution in [2.24, 2.45) is 0 Å². The molecule has 1 aromatic heterocycles. The molecule has 0 unspecified atom stereocenters. The maximum Gasteiger partial charge on any atom is 0.258 e. The number of halogens is 1. The molecule has 0 saturated heterocycles. The highest BCUT2D eigenvalue weighted by atomic mass is 35.5. The van der Waals surface area contributed by atoms with Crippen LogP contribution in [0.3, 0.4) is 0 Å². The molecule has 3 nitrogen and oxygen atoms in total. The van der Waals surface area contributed by atoms with Crippen LogP contribution in [0.4, 0.5) is 5.69 Å². The summed E-state index contributed by atoms with van der Waals surface area (Å²) in [6.07, 6.45) is 3.06. The van der Waals surface area contributed by atoms with E-state index in [9.17, 15) is 4.79 Å². The summed E-state index contributed by atoms with van der Waals surface area (Å²) in [5, 5.41) is 1.72. The molecular formula is C21H19ClN2O. The lowest BCUT2D eigenvalue weighted by molar-refractivity contribution is 0.0993. The summed E-state index contributed by atoms with van der Waals surface area (Å²) in [5.74, 6) is -0.0501. The second-order valence-corrected chi connectivity index (χ2v) is 7.02. The Labute approximate surface area is 152 Å². The fourth-order valence-electron chi connectivity index (χ4n) is 3.49. The van der Waals surface area contributed by atoms with Gasteiger partial charge in [0, 0.05) is 29.4 Å². The minimum atomic E-state index is -0.0501. The third-order valence-electron chi connectivity index (χ3n) is 4.88. The summed E-state index contributed by atoms with van der Waals surface area (Å²) < 4.78 is 0. The van der Waals surface area contributed by atoms with Gasteiger partial charge in [0.15, 0.2) is 0 Å². The van der Waals surface area contributed by atoms with E-state index in [0.29, 0.717) is 5.56 Å². The van der Waals surface area contributed by atoms with Crippen molar-refractivity contribution in [1.29, 1.82) is 0 Å². The number of carbonyl (C=O) groups excluding carboxylic acids is 1. The first kappa shape index (κ1) is 16.1. The van der Waals surface area contributed by atoms with E-state index >= 15 is 0 Å². The molecule has 0 bridgehead atoms. The number of amides is 1. The highest BCUT2D eigenvalue weighted by Gasteiger charge is 2.20. The molecule has 3 aromatic rings. The molecule has 126 valence electrons. The molecule has 1 heterocycles. The van der Waals surface area contributed by atoms with Crippen molar-refractivity contribution in [2.75, 3.05) is 11.9 Å². The average molecular weight is 351 g/mol. The van der Waals surface area contributed by atoms with E-state index in [-0.39, 0.29) is 5.91 Å². The number of nitrogens with zero attached hydrogens (tertiary/aromatic N) is 2. The van der Waals surface area contributed by atoms with E-state index < -0.39 is 0 Å². The number of benzene rings is 2. The number of aromatic nitrogens is 1. The van der Waals surface area contributed by atoms with Gasteiger partial charge in [0.25, 0.3) is 5.91 Å². The van der Waals surface area contributed by atoms with Gasteiger partial charge in [-0.15, -0.1) is 0 Å². The van der Waals surface area contributed by atoms with Gasteiger partial charge < -0.3 is 4.90 Å². The topological polar surface area (TPSA) is 33.2 Å². The predicted octanol–water partition coefficient (Wildman–Crippen LogP) is 4.96. The monoisotopic (exact) mass is 350 g/mol. The summed E-state index contributed by atoms with van der Waals surface area (Å²) in [5.41, 5.74) is 5.68. The Hall–Kier alpha value is -2.39. The molecule has 2 aromatic carbocycles. The van der Waals surface area contributed by atoms with Gasteiger partial charge in [-0.05, 0) is 61.6 Å². The molecule has 4 heteroatoms. The van der Waals surface area contributed by atoms with Crippen molar-refractivity contribution in [3.63, 3.8) is 0 Å². The third-order valence-corrected chi connectivity index (χ3v) is 5.32. The number of fused-ring (bicyclic) bond motifs is 2. The fraction of sp³-hybridized carbons (Fsp3) is 0.238. The summed E-state index contributed by atoms with van der Waals surface area (Å²) in [6.45, 7) is 2.02. The molecule has 0 aliphatic heterocycles. The van der Waals surface area contributed by atoms with E-state index in [2.05, 4.69) is 0 Å². The standard InChI is InChI=1S/C21H19ClN2O/c1-13-5-3-6-15(11-13)24(2)21(25)14-9-10-17-19(12-14)23-18-8-4-7-16(18)20(17)22/h3,5-6,9-12H,4,7-8H2,1-2H3. The number of pyridine rings is 1. The zero-order valence-corrected chi connectivity index (χ0v) is 15.1. The molecule has 1 amide bonds. The average Bonchev–Trinajstić information content (AvgIpc) is 3.09. The first-order valence-corrected chi connectivity index (χ1v) is 8.88. The summed E-state index contributed by atoms with van der Waals surface area (Å²) in [7, 11) is 1.80. The van der Waals surface area contributed by atoms with Crippen LogP contribution < -0.4 is 4.90 Å². The molecule has 0 atom stereocenters. The van der Waals surface area contributed by atoms with E-state index in [4.69, 9.17) is 16.6 Å². The van der Waals surface area contributed by atoms with Crippen molar-refractivity contribution in [1.82, 2.24) is 4.98 Å². The van der Waals surface area contributed by atoms with E-state index in [1.54, 1.807) is 11.9 Å². The minimum Gasteiger partial charge on any atom is -0.311 e. The first-order chi connectivity index (χ1) is 12.0. The van der Waals surface area contributed by atoms with Gasteiger partial charge in [-0.3, -0.25) is 9.78 Å². The highest BCUT2D eigenvalue weighted by Crippen LogP contribution is 2.34. The molecule has 4 rings (SSSR count). The molecule has 0 fully saturated rings. The number of rotatable bonds is 2. The Morgan fingerprint density at radius 1 is 1.16 bits per heavy atom. The van der Waals surface area contributed by atoms with Crippen LogP contribution in [0.1, 0.15) is 33.6 Å². The molecule has 0 saturated carbocycles. The molecule has 1 aliphatic carbocycles. The molecule has 1 aliphatic rings. The van der Waals surface area contributed by atoms with Gasteiger partial charge in [-0.2, -0.15) is 0 Å². The van der Waals surface area contributed by atoms with Crippen molar-refractivity contribution in [3.8, 4) is 0 Å². The van der Waals surface area contributed by atoms with Gasteiger partial charge in [0.1, 0.15) is 0 Å². The normalized spacial score (nSPS) is 13.1. The molecular weight excluding hydrogens is 332 g/mol. The Morgan fingerprint density at radius 2 is 2.00 bits per heavy atom. The Bertz CT molecular complexity index is 997. The lowest BCUT2D eigenvalue weighted by Gasteiger charge is -2.18. The SMILES string of the molecule is Cc1cccc(N(C)C(=O)c2ccc3c(Cl)c4c(nc3c2)CCC4)c1. The molecule has 25 heavy (non-hydrogen) atoms. The smallest absolute Gasteiger partial charge is 0.258 e. The number of hydrogen-bond acceptors (Lipinski definition) is 2. The van der Waals surface area contributed by atoms with Crippen molar-refractivity contribution in [2.45, 2.75) is 26.2 Å². The van der Waals surface area contributed by atoms with Crippen LogP contribution >= 0.6 is 11.6 Å². The van der Waals surface area contributed by atoms with Crippen LogP contribution in [0.15, 0.2) is 42.5 Å². The number of anilines is 1. The van der Waals surface area contributed by atoms with Crippen LogP contribution in [-0.4, -0.2) is 17.9 Å². The summed E-state index contributed by atoms with van der Waals surface area (Å²) >= 11 is 6.56. The Kier molecular flexibility index (Phi) is 3.97. The van der Waals surface area contributed by atoms with Crippen molar-refractivity contribution < 1.29 is 4.79 Å². The zero-order valence-electron chi connectivity index (χ0n) is 14.3. The maximum absolute atomic E-state index is 12.9. The van der Waals surface area contributed by atoms with Gasteiger partial charge in [0.2, 0.25) is 0 Å². The first-order valence-electron chi connectivity index (χ1n) is 8.50. The van der Waals surface area contributed by atoms with E-state index in [1.165, 1.54) is 5.56 Å². The van der Waals surface area contributed by atoms with E-state index in [1.807, 2.05) is 49.4 Å². The number of carbonyl (C=O) groups is 1. The van der Waals surface area contributed by atoms with Gasteiger partial charge in [-0.1, -0.05) is 29.8 Å². The van der Waals surface area contributed by atoms with Crippen molar-refractivity contribution in [3.05, 3.63) is 69.9 Å². The van der Waals surface area contributed by atoms with Gasteiger partial charge in [-0.25, -0.2) is 0 Å². The lowest BCUT2D eigenvalue weighted by atomic mass is 10.1. The molecule has 0 N–H and O–H groups in total. The largest absolute Gasteiger partial charge is 0.311 e. The Balaban J connectivity index is 1.74. The lowest BCUT2D eigenvalue weighted by Crippen LogP contribution is -2.26. The molecule has 0 spiro atoms. The second-order valence-electron chi connectivity index (χ2n) is 6.64. The van der Waals surface area contributed by atoms with E-state index in [0.717, 1.165) is 52.1 Å². The Morgan fingerprint density at radius 3 is 2.80 bits per heavy atom. The van der Waals surface area contributed by atoms with Crippen LogP contribution in [0.25, 0.3) is 10.9 Å². The van der Waals surface area contributed by atoms with Gasteiger partial charge in [0.05, 0.1) is 10.5 Å². The number of aryl methyl sites for hydroxylation is 2. The predicted molar refractivity (Wildman–Crippen MR) is 103 cm³/mol. The number of hydrogen-bond donors (Lipinski definition) is 0. The fourth-order valence-corrected chi connectivity index (χ4v) is 3.85. The molecule has 0 radical (unpaired) electrons. The highest BCUT2D eigenvalue weighted by molar-refractivity contribution is 6.36. The van der Waals surface area contributed by atoms with Crippen LogP contribution in [0.5, 0.6) is 0 Å². The van der Waals surface area contributed by atoms with Crippen LogP contribution in [0, 0.1) is 6.92 Å². The van der Waals surface area contributed by atoms with Crippen LogP contribution in [-0.2, 0) is 12.8 Å². The minimum absolute atomic E-state index is 0.0501. The summed E-state index contributed by atoms with van der Waals surface area (Å²) in [4.78, 5) is 19.3. The summed E-state index contributed by atoms with van der Waals surface area (Å²) in [6, 6.07) is 13.5.